The molecule has 2 aromatic carbocycles. The van der Waals surface area contributed by atoms with Crippen molar-refractivity contribution in [3.8, 4) is 0 Å². The van der Waals surface area contributed by atoms with Gasteiger partial charge in [0.05, 0.1) is 18.3 Å². The second kappa shape index (κ2) is 12.4. The van der Waals surface area contributed by atoms with E-state index >= 15 is 0 Å². The fraction of sp³-hybridized carbons (Fsp3) is 0.458. The van der Waals surface area contributed by atoms with Crippen LogP contribution < -0.4 is 9.62 Å². The van der Waals surface area contributed by atoms with E-state index in [4.69, 9.17) is 0 Å². The molecule has 0 spiro atoms. The average molecular weight is 496 g/mol. The Kier molecular flexibility index (Phi) is 10.2. The highest BCUT2D eigenvalue weighted by Gasteiger charge is 2.22. The SMILES string of the molecule is CCS(=O)(=O)NCc1ccc(CC(=O)N(C)CCc2ccccc2N2CC[C@H](O)C2)cc1.Cl. The summed E-state index contributed by atoms with van der Waals surface area (Å²) in [6.45, 7) is 3.97. The van der Waals surface area contributed by atoms with Gasteiger partial charge >= 0.3 is 0 Å². The molecule has 2 aromatic rings. The number of para-hydroxylation sites is 1. The topological polar surface area (TPSA) is 90.0 Å². The number of carbonyl (C=O) groups is 1. The number of amides is 1. The van der Waals surface area contributed by atoms with Crippen molar-refractivity contribution in [3.05, 3.63) is 65.2 Å². The smallest absolute Gasteiger partial charge is 0.226 e. The van der Waals surface area contributed by atoms with Crippen molar-refractivity contribution in [2.45, 2.75) is 38.8 Å². The molecule has 0 aromatic heterocycles. The highest BCUT2D eigenvalue weighted by Crippen LogP contribution is 2.25. The average Bonchev–Trinajstić information content (AvgIpc) is 3.23. The van der Waals surface area contributed by atoms with Crippen LogP contribution in [0.2, 0.25) is 0 Å². The van der Waals surface area contributed by atoms with E-state index in [0.717, 1.165) is 36.2 Å². The van der Waals surface area contributed by atoms with Gasteiger partial charge in [0, 0.05) is 38.9 Å². The maximum Gasteiger partial charge on any atom is 0.226 e. The van der Waals surface area contributed by atoms with Crippen molar-refractivity contribution in [2.75, 3.05) is 37.3 Å². The molecular weight excluding hydrogens is 462 g/mol. The number of benzene rings is 2. The van der Waals surface area contributed by atoms with Gasteiger partial charge in [0.15, 0.2) is 0 Å². The minimum Gasteiger partial charge on any atom is -0.391 e. The molecule has 1 saturated heterocycles. The number of aliphatic hydroxyl groups is 1. The van der Waals surface area contributed by atoms with Gasteiger partial charge in [-0.25, -0.2) is 13.1 Å². The van der Waals surface area contributed by atoms with Gasteiger partial charge in [-0.15, -0.1) is 12.4 Å². The number of nitrogens with one attached hydrogen (secondary N) is 1. The van der Waals surface area contributed by atoms with Crippen molar-refractivity contribution in [2.24, 2.45) is 0 Å². The van der Waals surface area contributed by atoms with Crippen LogP contribution in [0.25, 0.3) is 0 Å². The van der Waals surface area contributed by atoms with Gasteiger partial charge in [0.1, 0.15) is 0 Å². The van der Waals surface area contributed by atoms with Crippen LogP contribution in [0.15, 0.2) is 48.5 Å². The Hall–Kier alpha value is -2.13. The number of hydrogen-bond donors (Lipinski definition) is 2. The van der Waals surface area contributed by atoms with Gasteiger partial charge in [0.2, 0.25) is 15.9 Å². The molecule has 1 atom stereocenters. The van der Waals surface area contributed by atoms with E-state index in [1.807, 2.05) is 43.4 Å². The van der Waals surface area contributed by atoms with Crippen LogP contribution in [0.1, 0.15) is 30.0 Å². The number of nitrogens with zero attached hydrogens (tertiary/aromatic N) is 2. The predicted octanol–water partition coefficient (Wildman–Crippen LogP) is 2.36. The van der Waals surface area contributed by atoms with Crippen LogP contribution >= 0.6 is 12.4 Å². The lowest BCUT2D eigenvalue weighted by atomic mass is 10.1. The Morgan fingerprint density at radius 2 is 1.82 bits per heavy atom. The van der Waals surface area contributed by atoms with Gasteiger partial charge < -0.3 is 14.9 Å². The first-order valence-corrected chi connectivity index (χ1v) is 12.7. The summed E-state index contributed by atoms with van der Waals surface area (Å²) in [5, 5.41) is 9.85. The van der Waals surface area contributed by atoms with E-state index in [9.17, 15) is 18.3 Å². The second-order valence-electron chi connectivity index (χ2n) is 8.30. The first kappa shape index (κ1) is 27.1. The molecule has 0 radical (unpaired) electrons. The van der Waals surface area contributed by atoms with Gasteiger partial charge in [-0.3, -0.25) is 4.79 Å². The summed E-state index contributed by atoms with van der Waals surface area (Å²) in [4.78, 5) is 16.7. The summed E-state index contributed by atoms with van der Waals surface area (Å²) in [6.07, 6.45) is 1.57. The molecule has 3 rings (SSSR count). The summed E-state index contributed by atoms with van der Waals surface area (Å²) in [6, 6.07) is 15.6. The molecule has 1 heterocycles. The Bertz CT molecular complexity index is 1010. The molecular formula is C24H34ClN3O4S. The largest absolute Gasteiger partial charge is 0.391 e. The number of likely N-dealkylation sites (N-methyl/N-ethyl adjacent to an activating group) is 1. The van der Waals surface area contributed by atoms with Gasteiger partial charge in [-0.05, 0) is 42.5 Å². The Morgan fingerprint density at radius 3 is 2.45 bits per heavy atom. The third-order valence-corrected chi connectivity index (χ3v) is 7.24. The fourth-order valence-electron chi connectivity index (χ4n) is 3.78. The van der Waals surface area contributed by atoms with Crippen LogP contribution in [0.4, 0.5) is 5.69 Å². The number of sulfonamides is 1. The van der Waals surface area contributed by atoms with Crippen molar-refractivity contribution in [1.29, 1.82) is 0 Å². The zero-order valence-electron chi connectivity index (χ0n) is 19.2. The molecule has 1 fully saturated rings. The van der Waals surface area contributed by atoms with Crippen LogP contribution in [0.3, 0.4) is 0 Å². The van der Waals surface area contributed by atoms with Gasteiger partial charge in [-0.1, -0.05) is 42.5 Å². The molecule has 33 heavy (non-hydrogen) atoms. The van der Waals surface area contributed by atoms with E-state index in [2.05, 4.69) is 21.8 Å². The molecule has 1 aliphatic rings. The molecule has 182 valence electrons. The lowest BCUT2D eigenvalue weighted by Gasteiger charge is -2.23. The number of aliphatic hydroxyl groups excluding tert-OH is 1. The second-order valence-corrected chi connectivity index (χ2v) is 10.4. The van der Waals surface area contributed by atoms with E-state index < -0.39 is 10.0 Å². The third kappa shape index (κ3) is 7.99. The minimum atomic E-state index is -3.22. The Morgan fingerprint density at radius 1 is 1.15 bits per heavy atom. The highest BCUT2D eigenvalue weighted by molar-refractivity contribution is 7.89. The number of rotatable bonds is 10. The lowest BCUT2D eigenvalue weighted by Crippen LogP contribution is -2.30. The first-order valence-electron chi connectivity index (χ1n) is 11.1. The van der Waals surface area contributed by atoms with Crippen LogP contribution in [0.5, 0.6) is 0 Å². The number of β-amino-alcohol motifs (C(OH)–C–C–N with tert-alkyl or cyclic N) is 1. The number of anilines is 1. The summed E-state index contributed by atoms with van der Waals surface area (Å²) < 4.78 is 25.7. The van der Waals surface area contributed by atoms with Crippen molar-refractivity contribution in [3.63, 3.8) is 0 Å². The van der Waals surface area contributed by atoms with Crippen molar-refractivity contribution >= 4 is 34.0 Å². The summed E-state index contributed by atoms with van der Waals surface area (Å²) in [5.41, 5.74) is 4.07. The summed E-state index contributed by atoms with van der Waals surface area (Å²) in [7, 11) is -1.41. The third-order valence-electron chi connectivity index (χ3n) is 5.89. The summed E-state index contributed by atoms with van der Waals surface area (Å²) in [5.74, 6) is 0.0923. The van der Waals surface area contributed by atoms with E-state index in [0.29, 0.717) is 19.5 Å². The van der Waals surface area contributed by atoms with E-state index in [1.165, 1.54) is 5.56 Å². The fourth-order valence-corrected chi connectivity index (χ4v) is 4.37. The van der Waals surface area contributed by atoms with Gasteiger partial charge in [0.25, 0.3) is 0 Å². The standard InChI is InChI=1S/C24H33N3O4S.ClH/c1-3-32(30,31)25-17-20-10-8-19(9-11-20)16-24(29)26(2)14-12-21-6-4-5-7-23(21)27-15-13-22(28)18-27;/h4-11,22,25,28H,3,12-18H2,1-2H3;1H/t22-;/m0./s1. The van der Waals surface area contributed by atoms with Gasteiger partial charge in [-0.2, -0.15) is 0 Å². The highest BCUT2D eigenvalue weighted by atomic mass is 35.5. The molecule has 7 nitrogen and oxygen atoms in total. The van der Waals surface area contributed by atoms with Crippen LogP contribution in [0, 0.1) is 0 Å². The predicted molar refractivity (Wildman–Crippen MR) is 134 cm³/mol. The first-order chi connectivity index (χ1) is 15.3. The zero-order chi connectivity index (χ0) is 23.1. The molecule has 0 bridgehead atoms. The molecule has 0 saturated carbocycles. The maximum atomic E-state index is 12.7. The number of hydrogen-bond acceptors (Lipinski definition) is 5. The molecule has 2 N–H and O–H groups in total. The van der Waals surface area contributed by atoms with Crippen LogP contribution in [-0.2, 0) is 34.2 Å². The Balaban J connectivity index is 0.00000385. The van der Waals surface area contributed by atoms with E-state index in [1.54, 1.807) is 11.8 Å². The monoisotopic (exact) mass is 495 g/mol. The molecule has 9 heteroatoms. The van der Waals surface area contributed by atoms with Crippen molar-refractivity contribution in [1.82, 2.24) is 9.62 Å². The maximum absolute atomic E-state index is 12.7. The van der Waals surface area contributed by atoms with Crippen molar-refractivity contribution < 1.29 is 18.3 Å². The van der Waals surface area contributed by atoms with Crippen LogP contribution in [-0.4, -0.2) is 62.9 Å². The Labute approximate surface area is 203 Å². The molecule has 0 unspecified atom stereocenters. The minimum absolute atomic E-state index is 0. The molecule has 1 amide bonds. The normalized spacial score (nSPS) is 15.8. The van der Waals surface area contributed by atoms with E-state index in [-0.39, 0.29) is 36.7 Å². The zero-order valence-corrected chi connectivity index (χ0v) is 20.9. The summed E-state index contributed by atoms with van der Waals surface area (Å²) >= 11 is 0. The molecule has 1 aliphatic heterocycles. The lowest BCUT2D eigenvalue weighted by molar-refractivity contribution is -0.129. The quantitative estimate of drug-likeness (QED) is 0.528. The molecule has 0 aliphatic carbocycles. The number of carbonyl (C=O) groups excluding carboxylic acids is 1. The number of halogens is 1.